The molecule has 26 heavy (non-hydrogen) atoms. The van der Waals surface area contributed by atoms with E-state index in [1.165, 1.54) is 11.1 Å². The lowest BCUT2D eigenvalue weighted by molar-refractivity contribution is 0.177. The van der Waals surface area contributed by atoms with Crippen molar-refractivity contribution in [1.82, 2.24) is 5.16 Å². The number of hydrogen-bond donors (Lipinski definition) is 0. The van der Waals surface area contributed by atoms with E-state index in [4.69, 9.17) is 14.0 Å². The van der Waals surface area contributed by atoms with Gasteiger partial charge in [-0.3, -0.25) is 0 Å². The van der Waals surface area contributed by atoms with Gasteiger partial charge in [-0.15, -0.1) is 0 Å². The summed E-state index contributed by atoms with van der Waals surface area (Å²) >= 11 is 0. The second-order valence-electron chi connectivity index (χ2n) is 6.47. The standard InChI is InChI=1S/C22H25NO3/c1-16-12-19(18-8-5-4-6-9-18)13-17(2)22(16)25-11-7-10-21-14-20(15-24-3)23-26-21/h4-6,8-9,12-14H,7,10-11,15H2,1-3H3. The summed E-state index contributed by atoms with van der Waals surface area (Å²) in [5.41, 5.74) is 5.59. The normalized spacial score (nSPS) is 10.9. The predicted molar refractivity (Wildman–Crippen MR) is 102 cm³/mol. The van der Waals surface area contributed by atoms with E-state index >= 15 is 0 Å². The van der Waals surface area contributed by atoms with Gasteiger partial charge >= 0.3 is 0 Å². The largest absolute Gasteiger partial charge is 0.493 e. The molecule has 0 aliphatic rings. The molecule has 0 saturated heterocycles. The third kappa shape index (κ3) is 4.52. The zero-order valence-corrected chi connectivity index (χ0v) is 15.6. The van der Waals surface area contributed by atoms with Crippen molar-refractivity contribution in [3.63, 3.8) is 0 Å². The summed E-state index contributed by atoms with van der Waals surface area (Å²) in [6.07, 6.45) is 1.68. The van der Waals surface area contributed by atoms with Crippen molar-refractivity contribution in [3.8, 4) is 16.9 Å². The Bertz CT molecular complexity index is 817. The molecule has 0 unspecified atom stereocenters. The van der Waals surface area contributed by atoms with Crippen molar-refractivity contribution < 1.29 is 14.0 Å². The molecular formula is C22H25NO3. The van der Waals surface area contributed by atoms with Crippen LogP contribution in [0, 0.1) is 13.8 Å². The van der Waals surface area contributed by atoms with E-state index in [9.17, 15) is 0 Å². The highest BCUT2D eigenvalue weighted by atomic mass is 16.5. The molecule has 0 aliphatic carbocycles. The number of ether oxygens (including phenoxy) is 2. The average molecular weight is 351 g/mol. The molecule has 0 aliphatic heterocycles. The minimum absolute atomic E-state index is 0.478. The van der Waals surface area contributed by atoms with E-state index in [0.717, 1.165) is 41.2 Å². The second kappa shape index (κ2) is 8.68. The number of benzene rings is 2. The third-order valence-corrected chi connectivity index (χ3v) is 4.28. The molecule has 0 radical (unpaired) electrons. The Labute approximate surface area is 154 Å². The summed E-state index contributed by atoms with van der Waals surface area (Å²) in [7, 11) is 1.65. The fraction of sp³-hybridized carbons (Fsp3) is 0.318. The molecule has 136 valence electrons. The molecule has 3 rings (SSSR count). The topological polar surface area (TPSA) is 44.5 Å². The van der Waals surface area contributed by atoms with Gasteiger partial charge in [-0.05, 0) is 54.7 Å². The van der Waals surface area contributed by atoms with Crippen LogP contribution in [-0.4, -0.2) is 18.9 Å². The van der Waals surface area contributed by atoms with Gasteiger partial charge in [-0.1, -0.05) is 35.5 Å². The fourth-order valence-corrected chi connectivity index (χ4v) is 3.09. The zero-order chi connectivity index (χ0) is 18.4. The molecule has 4 nitrogen and oxygen atoms in total. The van der Waals surface area contributed by atoms with Crippen LogP contribution in [0.1, 0.15) is 29.0 Å². The van der Waals surface area contributed by atoms with Gasteiger partial charge < -0.3 is 14.0 Å². The first kappa shape index (κ1) is 18.2. The number of aromatic nitrogens is 1. The highest BCUT2D eigenvalue weighted by Crippen LogP contribution is 2.30. The van der Waals surface area contributed by atoms with Crippen molar-refractivity contribution in [2.75, 3.05) is 13.7 Å². The molecule has 4 heteroatoms. The minimum Gasteiger partial charge on any atom is -0.493 e. The summed E-state index contributed by atoms with van der Waals surface area (Å²) in [6.45, 7) is 5.32. The van der Waals surface area contributed by atoms with Gasteiger partial charge in [0.15, 0.2) is 0 Å². The van der Waals surface area contributed by atoms with Gasteiger partial charge in [0.25, 0.3) is 0 Å². The quantitative estimate of drug-likeness (QED) is 0.529. The predicted octanol–water partition coefficient (Wildman–Crippen LogP) is 5.12. The summed E-state index contributed by atoms with van der Waals surface area (Å²) in [5, 5.41) is 3.97. The summed E-state index contributed by atoms with van der Waals surface area (Å²) in [6, 6.07) is 16.7. The van der Waals surface area contributed by atoms with Crippen LogP contribution in [0.2, 0.25) is 0 Å². The lowest BCUT2D eigenvalue weighted by atomic mass is 10.00. The maximum atomic E-state index is 6.05. The van der Waals surface area contributed by atoms with Gasteiger partial charge in [0.2, 0.25) is 0 Å². The molecule has 0 amide bonds. The van der Waals surface area contributed by atoms with Crippen LogP contribution in [0.3, 0.4) is 0 Å². The number of aryl methyl sites for hydroxylation is 3. The van der Waals surface area contributed by atoms with Crippen LogP contribution in [-0.2, 0) is 17.8 Å². The van der Waals surface area contributed by atoms with Crippen molar-refractivity contribution in [3.05, 3.63) is 71.1 Å². The Balaban J connectivity index is 1.57. The lowest BCUT2D eigenvalue weighted by Gasteiger charge is -2.14. The monoisotopic (exact) mass is 351 g/mol. The van der Waals surface area contributed by atoms with Gasteiger partial charge in [0.1, 0.15) is 17.2 Å². The van der Waals surface area contributed by atoms with Crippen molar-refractivity contribution in [2.24, 2.45) is 0 Å². The third-order valence-electron chi connectivity index (χ3n) is 4.28. The smallest absolute Gasteiger partial charge is 0.137 e. The highest BCUT2D eigenvalue weighted by molar-refractivity contribution is 5.67. The van der Waals surface area contributed by atoms with Gasteiger partial charge in [0, 0.05) is 19.6 Å². The number of methoxy groups -OCH3 is 1. The van der Waals surface area contributed by atoms with E-state index in [1.54, 1.807) is 7.11 Å². The Kier molecular flexibility index (Phi) is 6.08. The second-order valence-corrected chi connectivity index (χ2v) is 6.47. The van der Waals surface area contributed by atoms with Crippen LogP contribution >= 0.6 is 0 Å². The molecule has 0 N–H and O–H groups in total. The van der Waals surface area contributed by atoms with Crippen LogP contribution in [0.5, 0.6) is 5.75 Å². The first-order valence-electron chi connectivity index (χ1n) is 8.90. The molecule has 2 aromatic carbocycles. The molecule has 3 aromatic rings. The van der Waals surface area contributed by atoms with Gasteiger partial charge in [0.05, 0.1) is 13.2 Å². The van der Waals surface area contributed by atoms with Gasteiger partial charge in [-0.25, -0.2) is 0 Å². The summed E-state index contributed by atoms with van der Waals surface area (Å²) in [5.74, 6) is 1.84. The Hall–Kier alpha value is -2.59. The molecular weight excluding hydrogens is 326 g/mol. The maximum absolute atomic E-state index is 6.05. The molecule has 0 spiro atoms. The van der Waals surface area contributed by atoms with E-state index in [1.807, 2.05) is 12.1 Å². The minimum atomic E-state index is 0.478. The van der Waals surface area contributed by atoms with Crippen LogP contribution < -0.4 is 4.74 Å². The number of rotatable bonds is 8. The summed E-state index contributed by atoms with van der Waals surface area (Å²) < 4.78 is 16.4. The summed E-state index contributed by atoms with van der Waals surface area (Å²) in [4.78, 5) is 0. The highest BCUT2D eigenvalue weighted by Gasteiger charge is 2.09. The lowest BCUT2D eigenvalue weighted by Crippen LogP contribution is -2.02. The number of nitrogens with zero attached hydrogens (tertiary/aromatic N) is 1. The van der Waals surface area contributed by atoms with E-state index in [0.29, 0.717) is 13.2 Å². The average Bonchev–Trinajstić information content (AvgIpc) is 3.09. The van der Waals surface area contributed by atoms with Crippen molar-refractivity contribution >= 4 is 0 Å². The number of hydrogen-bond acceptors (Lipinski definition) is 4. The van der Waals surface area contributed by atoms with E-state index in [2.05, 4.69) is 55.4 Å². The molecule has 0 bridgehead atoms. The SMILES string of the molecule is COCc1cc(CCCOc2c(C)cc(-c3ccccc3)cc2C)on1. The maximum Gasteiger partial charge on any atom is 0.137 e. The molecule has 0 atom stereocenters. The van der Waals surface area contributed by atoms with Crippen molar-refractivity contribution in [2.45, 2.75) is 33.3 Å². The van der Waals surface area contributed by atoms with E-state index in [-0.39, 0.29) is 0 Å². The van der Waals surface area contributed by atoms with Crippen molar-refractivity contribution in [1.29, 1.82) is 0 Å². The Morgan fingerprint density at radius 1 is 0.962 bits per heavy atom. The van der Waals surface area contributed by atoms with Crippen LogP contribution in [0.25, 0.3) is 11.1 Å². The molecule has 1 aromatic heterocycles. The van der Waals surface area contributed by atoms with Crippen LogP contribution in [0.15, 0.2) is 53.1 Å². The Morgan fingerprint density at radius 2 is 1.69 bits per heavy atom. The van der Waals surface area contributed by atoms with Gasteiger partial charge in [-0.2, -0.15) is 0 Å². The van der Waals surface area contributed by atoms with E-state index < -0.39 is 0 Å². The first-order valence-corrected chi connectivity index (χ1v) is 8.90. The zero-order valence-electron chi connectivity index (χ0n) is 15.6. The first-order chi connectivity index (χ1) is 12.7. The molecule has 1 heterocycles. The molecule has 0 fully saturated rings. The molecule has 0 saturated carbocycles. The fourth-order valence-electron chi connectivity index (χ4n) is 3.09. The Morgan fingerprint density at radius 3 is 2.38 bits per heavy atom. The van der Waals surface area contributed by atoms with Crippen LogP contribution in [0.4, 0.5) is 0 Å².